The summed E-state index contributed by atoms with van der Waals surface area (Å²) in [6.07, 6.45) is 8.69. The van der Waals surface area contributed by atoms with E-state index in [1.165, 1.54) is 18.9 Å². The van der Waals surface area contributed by atoms with Crippen molar-refractivity contribution in [3.63, 3.8) is 0 Å². The Morgan fingerprint density at radius 2 is 2.42 bits per heavy atom. The molecule has 2 unspecified atom stereocenters. The highest BCUT2D eigenvalue weighted by molar-refractivity contribution is 9.10. The van der Waals surface area contributed by atoms with Crippen molar-refractivity contribution in [3.8, 4) is 0 Å². The maximum absolute atomic E-state index is 11.2. The summed E-state index contributed by atoms with van der Waals surface area (Å²) < 4.78 is 3.18. The highest BCUT2D eigenvalue weighted by atomic mass is 79.9. The number of carbonyl (C=O) groups excluding carboxylic acids is 1. The lowest BCUT2D eigenvalue weighted by molar-refractivity contribution is -0.113. The number of nitrogens with zero attached hydrogens (tertiary/aromatic N) is 4. The summed E-state index contributed by atoms with van der Waals surface area (Å²) in [7, 11) is 0. The molecule has 0 bridgehead atoms. The second kappa shape index (κ2) is 6.08. The molecule has 0 saturated heterocycles. The molecule has 1 heterocycles. The maximum Gasteiger partial charge on any atom is 0.242 e. The number of amides is 1. The monoisotopic (exact) mass is 322 g/mol. The Morgan fingerprint density at radius 3 is 3.05 bits per heavy atom. The molecule has 1 amide bonds. The smallest absolute Gasteiger partial charge is 0.242 e. The SMILES string of the molecule is CC1CCCC1n1cc(Br)cc1C=CC(=O)N=[N+]=[N-]. The van der Waals surface area contributed by atoms with Crippen LogP contribution in [0.5, 0.6) is 0 Å². The van der Waals surface area contributed by atoms with E-state index in [4.69, 9.17) is 5.53 Å². The second-order valence-corrected chi connectivity index (χ2v) is 5.74. The quantitative estimate of drug-likeness (QED) is 0.350. The van der Waals surface area contributed by atoms with E-state index in [0.717, 1.165) is 16.6 Å². The molecule has 2 atom stereocenters. The Kier molecular flexibility index (Phi) is 4.45. The molecule has 1 aliphatic carbocycles. The number of aromatic nitrogens is 1. The highest BCUT2D eigenvalue weighted by Crippen LogP contribution is 2.37. The van der Waals surface area contributed by atoms with Crippen molar-refractivity contribution in [2.24, 2.45) is 11.0 Å². The fourth-order valence-corrected chi connectivity index (χ4v) is 3.11. The van der Waals surface area contributed by atoms with E-state index in [1.54, 1.807) is 6.08 Å². The Bertz CT molecular complexity index is 557. The molecule has 100 valence electrons. The predicted molar refractivity (Wildman–Crippen MR) is 77.4 cm³/mol. The largest absolute Gasteiger partial charge is 0.343 e. The van der Waals surface area contributed by atoms with Crippen molar-refractivity contribution >= 4 is 27.9 Å². The van der Waals surface area contributed by atoms with Crippen molar-refractivity contribution in [3.05, 3.63) is 38.9 Å². The van der Waals surface area contributed by atoms with Crippen molar-refractivity contribution in [2.45, 2.75) is 32.2 Å². The van der Waals surface area contributed by atoms with Gasteiger partial charge in [0.1, 0.15) is 0 Å². The average Bonchev–Trinajstić information content (AvgIpc) is 2.93. The lowest BCUT2D eigenvalue weighted by Crippen LogP contribution is -2.11. The third-order valence-electron chi connectivity index (χ3n) is 3.56. The number of azide groups is 1. The molecule has 1 saturated carbocycles. The predicted octanol–water partition coefficient (Wildman–Crippen LogP) is 4.46. The van der Waals surface area contributed by atoms with Gasteiger partial charge in [-0.1, -0.05) is 13.3 Å². The number of hydrogen-bond acceptors (Lipinski definition) is 1. The third kappa shape index (κ3) is 3.28. The van der Waals surface area contributed by atoms with E-state index in [0.29, 0.717) is 12.0 Å². The van der Waals surface area contributed by atoms with Crippen molar-refractivity contribution < 1.29 is 4.79 Å². The summed E-state index contributed by atoms with van der Waals surface area (Å²) in [4.78, 5) is 13.7. The van der Waals surface area contributed by atoms with Gasteiger partial charge in [-0.15, -0.1) is 0 Å². The van der Waals surface area contributed by atoms with Crippen LogP contribution in [0.15, 0.2) is 27.9 Å². The standard InChI is InChI=1S/C13H15BrN4O/c1-9-3-2-4-12(9)18-8-10(14)7-11(18)5-6-13(19)16-17-15/h5-9,12H,2-4H2,1H3. The molecule has 1 aromatic rings. The number of rotatable bonds is 3. The zero-order chi connectivity index (χ0) is 13.8. The van der Waals surface area contributed by atoms with Crippen LogP contribution in [0.3, 0.4) is 0 Å². The summed E-state index contributed by atoms with van der Waals surface area (Å²) >= 11 is 3.47. The first kappa shape index (κ1) is 13.9. The van der Waals surface area contributed by atoms with E-state index in [-0.39, 0.29) is 0 Å². The van der Waals surface area contributed by atoms with Crippen molar-refractivity contribution in [1.29, 1.82) is 0 Å². The zero-order valence-corrected chi connectivity index (χ0v) is 12.2. The van der Waals surface area contributed by atoms with Gasteiger partial charge in [0, 0.05) is 27.3 Å². The Balaban J connectivity index is 2.25. The van der Waals surface area contributed by atoms with E-state index < -0.39 is 5.91 Å². The fourth-order valence-electron chi connectivity index (χ4n) is 2.66. The van der Waals surface area contributed by atoms with Crippen LogP contribution in [0.1, 0.15) is 37.9 Å². The van der Waals surface area contributed by atoms with Gasteiger partial charge in [-0.25, -0.2) is 0 Å². The van der Waals surface area contributed by atoms with Gasteiger partial charge in [-0.2, -0.15) is 0 Å². The lowest BCUT2D eigenvalue weighted by atomic mass is 10.1. The molecule has 6 heteroatoms. The topological polar surface area (TPSA) is 70.8 Å². The first-order valence-electron chi connectivity index (χ1n) is 6.26. The number of carbonyl (C=O) groups is 1. The molecule has 0 radical (unpaired) electrons. The van der Waals surface area contributed by atoms with Gasteiger partial charge in [0.15, 0.2) is 0 Å². The van der Waals surface area contributed by atoms with Crippen LogP contribution in [-0.4, -0.2) is 10.5 Å². The van der Waals surface area contributed by atoms with Gasteiger partial charge < -0.3 is 4.57 Å². The number of halogens is 1. The van der Waals surface area contributed by atoms with Crippen LogP contribution < -0.4 is 0 Å². The molecule has 19 heavy (non-hydrogen) atoms. The summed E-state index contributed by atoms with van der Waals surface area (Å²) in [5, 5.41) is 3.02. The average molecular weight is 323 g/mol. The molecule has 1 aromatic heterocycles. The molecule has 0 spiro atoms. The van der Waals surface area contributed by atoms with E-state index >= 15 is 0 Å². The number of hydrogen-bond donors (Lipinski definition) is 0. The molecule has 0 aliphatic heterocycles. The van der Waals surface area contributed by atoms with Gasteiger partial charge in [-0.3, -0.25) is 4.79 Å². The minimum atomic E-state index is -0.578. The normalized spacial score (nSPS) is 22.6. The van der Waals surface area contributed by atoms with Crippen LogP contribution in [-0.2, 0) is 4.79 Å². The Hall–Kier alpha value is -1.52. The minimum absolute atomic E-state index is 0.473. The van der Waals surface area contributed by atoms with Crippen molar-refractivity contribution in [1.82, 2.24) is 4.57 Å². The molecular formula is C13H15BrN4O. The maximum atomic E-state index is 11.2. The minimum Gasteiger partial charge on any atom is -0.343 e. The van der Waals surface area contributed by atoms with Crippen LogP contribution in [0.2, 0.25) is 0 Å². The molecule has 1 fully saturated rings. The highest BCUT2D eigenvalue weighted by Gasteiger charge is 2.25. The van der Waals surface area contributed by atoms with Crippen LogP contribution >= 0.6 is 15.9 Å². The van der Waals surface area contributed by atoms with Crippen LogP contribution in [0, 0.1) is 5.92 Å². The molecular weight excluding hydrogens is 308 g/mol. The van der Waals surface area contributed by atoms with E-state index in [9.17, 15) is 4.79 Å². The van der Waals surface area contributed by atoms with Gasteiger partial charge in [0.05, 0.1) is 0 Å². The summed E-state index contributed by atoms with van der Waals surface area (Å²) in [6, 6.07) is 2.44. The second-order valence-electron chi connectivity index (χ2n) is 4.83. The lowest BCUT2D eigenvalue weighted by Gasteiger charge is -2.19. The molecule has 1 aliphatic rings. The van der Waals surface area contributed by atoms with Crippen molar-refractivity contribution in [2.75, 3.05) is 0 Å². The summed E-state index contributed by atoms with van der Waals surface area (Å²) in [5.74, 6) is 0.0603. The van der Waals surface area contributed by atoms with Gasteiger partial charge in [0.2, 0.25) is 5.91 Å². The molecule has 0 aromatic carbocycles. The summed E-state index contributed by atoms with van der Waals surface area (Å²) in [5.41, 5.74) is 9.14. The first-order chi connectivity index (χ1) is 9.11. The van der Waals surface area contributed by atoms with E-state index in [1.807, 2.05) is 12.3 Å². The van der Waals surface area contributed by atoms with Gasteiger partial charge >= 0.3 is 0 Å². The zero-order valence-electron chi connectivity index (χ0n) is 10.7. The molecule has 0 N–H and O–H groups in total. The van der Waals surface area contributed by atoms with E-state index in [2.05, 4.69) is 37.4 Å². The molecule has 2 rings (SSSR count). The van der Waals surface area contributed by atoms with Crippen LogP contribution in [0.25, 0.3) is 16.5 Å². The molecule has 5 nitrogen and oxygen atoms in total. The fraction of sp³-hybridized carbons (Fsp3) is 0.462. The Labute approximate surface area is 120 Å². The Morgan fingerprint density at radius 1 is 1.63 bits per heavy atom. The summed E-state index contributed by atoms with van der Waals surface area (Å²) in [6.45, 7) is 2.25. The first-order valence-corrected chi connectivity index (χ1v) is 7.05. The van der Waals surface area contributed by atoms with Crippen LogP contribution in [0.4, 0.5) is 0 Å². The van der Waals surface area contributed by atoms with Gasteiger partial charge in [0.25, 0.3) is 0 Å². The van der Waals surface area contributed by atoms with Gasteiger partial charge in [-0.05, 0) is 63.6 Å². The third-order valence-corrected chi connectivity index (χ3v) is 3.99.